The molecule has 0 aromatic carbocycles. The van der Waals surface area contributed by atoms with Crippen molar-refractivity contribution in [1.29, 1.82) is 0 Å². The molecule has 10 nitrogen and oxygen atoms in total. The van der Waals surface area contributed by atoms with Crippen molar-refractivity contribution in [1.82, 2.24) is 20.9 Å². The molecule has 4 atom stereocenters. The van der Waals surface area contributed by atoms with Crippen molar-refractivity contribution in [2.75, 3.05) is 13.7 Å². The maximum atomic E-state index is 13.6. The van der Waals surface area contributed by atoms with Crippen molar-refractivity contribution < 1.29 is 37.8 Å². The van der Waals surface area contributed by atoms with Gasteiger partial charge in [-0.2, -0.15) is 0 Å². The highest BCUT2D eigenvalue weighted by molar-refractivity contribution is 6.38. The molecule has 4 N–H and O–H groups in total. The molecule has 0 bridgehead atoms. The van der Waals surface area contributed by atoms with Gasteiger partial charge in [0.05, 0.1) is 12.1 Å². The second kappa shape index (κ2) is 11.7. The Morgan fingerprint density at radius 3 is 2.22 bits per heavy atom. The third-order valence-electron chi connectivity index (χ3n) is 6.59. The molecular formula is C25H42F2N4O6. The van der Waals surface area contributed by atoms with Crippen LogP contribution in [0.2, 0.25) is 0 Å². The number of nitrogens with zero attached hydrogens (tertiary/aromatic N) is 1. The Hall–Kier alpha value is -2.18. The molecule has 0 aromatic heterocycles. The van der Waals surface area contributed by atoms with Crippen LogP contribution in [0.1, 0.15) is 73.6 Å². The topological polar surface area (TPSA) is 137 Å². The van der Waals surface area contributed by atoms with Gasteiger partial charge in [0, 0.05) is 26.1 Å². The summed E-state index contributed by atoms with van der Waals surface area (Å²) in [6.45, 7) is 10.1. The highest BCUT2D eigenvalue weighted by atomic mass is 19.3. The zero-order valence-electron chi connectivity index (χ0n) is 22.8. The van der Waals surface area contributed by atoms with E-state index >= 15 is 0 Å². The van der Waals surface area contributed by atoms with Gasteiger partial charge in [-0.25, -0.2) is 8.78 Å². The lowest BCUT2D eigenvalue weighted by Gasteiger charge is -2.36. The highest BCUT2D eigenvalue weighted by Crippen LogP contribution is 2.36. The molecule has 1 saturated heterocycles. The summed E-state index contributed by atoms with van der Waals surface area (Å²) in [6.07, 6.45) is -0.825. The molecule has 2 fully saturated rings. The van der Waals surface area contributed by atoms with Gasteiger partial charge in [0.15, 0.2) is 0 Å². The number of hydrogen-bond donors (Lipinski definition) is 4. The first-order chi connectivity index (χ1) is 16.8. The summed E-state index contributed by atoms with van der Waals surface area (Å²) >= 11 is 0. The smallest absolute Gasteiger partial charge is 0.289 e. The summed E-state index contributed by atoms with van der Waals surface area (Å²) < 4.78 is 32.0. The van der Waals surface area contributed by atoms with Crippen LogP contribution in [0.3, 0.4) is 0 Å². The van der Waals surface area contributed by atoms with E-state index in [1.165, 1.54) is 12.0 Å². The number of aliphatic hydroxyl groups excluding tert-OH is 1. The minimum Gasteiger partial charge on any atom is -0.356 e. The summed E-state index contributed by atoms with van der Waals surface area (Å²) in [4.78, 5) is 53.6. The Morgan fingerprint density at radius 1 is 1.14 bits per heavy atom. The van der Waals surface area contributed by atoms with E-state index in [2.05, 4.69) is 16.0 Å². The second-order valence-electron chi connectivity index (χ2n) is 12.2. The van der Waals surface area contributed by atoms with Gasteiger partial charge in [0.1, 0.15) is 6.04 Å². The van der Waals surface area contributed by atoms with Crippen molar-refractivity contribution in [2.24, 2.45) is 10.8 Å². The van der Waals surface area contributed by atoms with Crippen LogP contribution in [0.25, 0.3) is 0 Å². The number of alkyl halides is 2. The molecule has 1 aliphatic carbocycles. The summed E-state index contributed by atoms with van der Waals surface area (Å²) in [5, 5.41) is 17.7. The first kappa shape index (κ1) is 31.0. The molecule has 12 heteroatoms. The molecule has 0 spiro atoms. The zero-order valence-corrected chi connectivity index (χ0v) is 22.8. The molecule has 3 amide bonds. The van der Waals surface area contributed by atoms with E-state index in [1.807, 2.05) is 13.8 Å². The number of hydrogen-bond acceptors (Lipinski definition) is 7. The van der Waals surface area contributed by atoms with Gasteiger partial charge in [-0.05, 0) is 43.4 Å². The number of amides is 3. The van der Waals surface area contributed by atoms with Crippen LogP contribution >= 0.6 is 0 Å². The van der Waals surface area contributed by atoms with Gasteiger partial charge in [-0.1, -0.05) is 34.6 Å². The average molecular weight is 533 g/mol. The fourth-order valence-electron chi connectivity index (χ4n) is 4.38. The van der Waals surface area contributed by atoms with Gasteiger partial charge >= 0.3 is 0 Å². The van der Waals surface area contributed by atoms with Gasteiger partial charge in [-0.3, -0.25) is 24.5 Å². The largest absolute Gasteiger partial charge is 0.356 e. The normalized spacial score (nSPS) is 22.2. The maximum absolute atomic E-state index is 13.6. The Morgan fingerprint density at radius 2 is 1.73 bits per heavy atom. The number of methoxy groups -OCH3 is 1. The third kappa shape index (κ3) is 9.26. The van der Waals surface area contributed by atoms with Crippen LogP contribution in [0.4, 0.5) is 8.78 Å². The molecular weight excluding hydrogens is 490 g/mol. The molecule has 1 aliphatic heterocycles. The van der Waals surface area contributed by atoms with Crippen LogP contribution in [-0.4, -0.2) is 83.7 Å². The fraction of sp³-hybridized carbons (Fsp3) is 0.840. The average Bonchev–Trinajstić information content (AvgIpc) is 3.52. The van der Waals surface area contributed by atoms with Gasteiger partial charge in [0.25, 0.3) is 5.91 Å². The van der Waals surface area contributed by atoms with E-state index in [-0.39, 0.29) is 19.0 Å². The monoisotopic (exact) mass is 532 g/mol. The van der Waals surface area contributed by atoms with E-state index in [1.54, 1.807) is 20.8 Å². The Bertz CT molecular complexity index is 866. The number of carbonyl (C=O) groups excluding carboxylic acids is 4. The number of likely N-dealkylation sites (tertiary alicyclic amines) is 1. The van der Waals surface area contributed by atoms with Gasteiger partial charge < -0.3 is 25.4 Å². The molecule has 212 valence electrons. The van der Waals surface area contributed by atoms with E-state index in [4.69, 9.17) is 4.74 Å². The van der Waals surface area contributed by atoms with E-state index < -0.39 is 77.6 Å². The Labute approximate surface area is 217 Å². The molecule has 1 unspecified atom stereocenters. The molecule has 1 heterocycles. The first-order valence-electron chi connectivity index (χ1n) is 12.6. The van der Waals surface area contributed by atoms with Crippen LogP contribution < -0.4 is 16.0 Å². The quantitative estimate of drug-likeness (QED) is 0.220. The number of carbonyl (C=O) groups is 4. The van der Waals surface area contributed by atoms with Crippen molar-refractivity contribution >= 4 is 23.5 Å². The molecule has 0 radical (unpaired) electrons. The van der Waals surface area contributed by atoms with E-state index in [9.17, 15) is 33.1 Å². The summed E-state index contributed by atoms with van der Waals surface area (Å²) in [5.74, 6) is -6.16. The Balaban J connectivity index is 2.27. The maximum Gasteiger partial charge on any atom is 0.289 e. The second-order valence-corrected chi connectivity index (χ2v) is 12.2. The lowest BCUT2D eigenvalue weighted by molar-refractivity contribution is -0.151. The lowest BCUT2D eigenvalue weighted by Crippen LogP contribution is -2.59. The third-order valence-corrected chi connectivity index (χ3v) is 6.59. The fourth-order valence-corrected chi connectivity index (χ4v) is 4.38. The van der Waals surface area contributed by atoms with Crippen LogP contribution in [0, 0.1) is 10.8 Å². The SMILES string of the molecule is COC(O)N[C@H](C(=O)N1CC(C)(C)C[C@H]1C(=O)N[C@@H](CCC(C)(F)F)C(=O)C(=O)NC1CC1)C(C)(C)C. The number of nitrogens with one attached hydrogen (secondary N) is 3. The number of halogens is 2. The van der Waals surface area contributed by atoms with Gasteiger partial charge in [0.2, 0.25) is 29.9 Å². The van der Waals surface area contributed by atoms with Crippen molar-refractivity contribution in [2.45, 2.75) is 110 Å². The number of ketones is 1. The standard InChI is InChI=1S/C25H42F2N4O6/c1-23(2,3)18(30-22(36)37-7)21(35)31-13-24(4,5)12-16(31)19(33)29-15(10-11-25(6,26)27)17(32)20(34)28-14-8-9-14/h14-16,18,22,30,36H,8-13H2,1-7H3,(H,28,34)(H,29,33)/t15-,16-,18+,22?/m0/s1. The lowest BCUT2D eigenvalue weighted by atomic mass is 9.85. The number of aliphatic hydroxyl groups is 1. The van der Waals surface area contributed by atoms with Crippen LogP contribution in [0.5, 0.6) is 0 Å². The first-order valence-corrected chi connectivity index (χ1v) is 12.6. The number of ether oxygens (including phenoxy) is 1. The Kier molecular flexibility index (Phi) is 9.81. The highest BCUT2D eigenvalue weighted by Gasteiger charge is 2.48. The van der Waals surface area contributed by atoms with Crippen molar-refractivity contribution in [3.63, 3.8) is 0 Å². The predicted molar refractivity (Wildman–Crippen MR) is 131 cm³/mol. The van der Waals surface area contributed by atoms with Gasteiger partial charge in [-0.15, -0.1) is 0 Å². The minimum absolute atomic E-state index is 0.117. The van der Waals surface area contributed by atoms with Crippen molar-refractivity contribution in [3.05, 3.63) is 0 Å². The number of rotatable bonds is 12. The summed E-state index contributed by atoms with van der Waals surface area (Å²) in [7, 11) is 1.27. The summed E-state index contributed by atoms with van der Waals surface area (Å²) in [6, 6.07) is -3.50. The molecule has 37 heavy (non-hydrogen) atoms. The molecule has 2 aliphatic rings. The summed E-state index contributed by atoms with van der Waals surface area (Å²) in [5.41, 5.74) is -1.13. The molecule has 1 saturated carbocycles. The molecule has 2 rings (SSSR count). The van der Waals surface area contributed by atoms with Crippen LogP contribution in [-0.2, 0) is 23.9 Å². The van der Waals surface area contributed by atoms with E-state index in [0.29, 0.717) is 6.92 Å². The number of Topliss-reactive ketones (excluding diaryl/α,β-unsaturated/α-hetero) is 1. The molecule has 0 aromatic rings. The minimum atomic E-state index is -3.10. The van der Waals surface area contributed by atoms with E-state index in [0.717, 1.165) is 12.8 Å². The predicted octanol–water partition coefficient (Wildman–Crippen LogP) is 1.31. The zero-order chi connectivity index (χ0) is 28.3. The van der Waals surface area contributed by atoms with Crippen LogP contribution in [0.15, 0.2) is 0 Å². The van der Waals surface area contributed by atoms with Crippen molar-refractivity contribution in [3.8, 4) is 0 Å².